The second-order valence-corrected chi connectivity index (χ2v) is 4.07. The maximum atomic E-state index is 12.1. The van der Waals surface area contributed by atoms with Gasteiger partial charge in [0.05, 0.1) is 12.7 Å². The Bertz CT molecular complexity index is 725. The van der Waals surface area contributed by atoms with E-state index < -0.39 is 0 Å². The molecule has 4 nitrogen and oxygen atoms in total. The van der Waals surface area contributed by atoms with Crippen LogP contribution in [0.2, 0.25) is 0 Å². The number of benzene rings is 1. The summed E-state index contributed by atoms with van der Waals surface area (Å²) in [5, 5.41) is 9.45. The lowest BCUT2D eigenvalue weighted by Crippen LogP contribution is -2.09. The minimum atomic E-state index is -0.389. The first kappa shape index (κ1) is 13.7. The molecule has 1 heterocycles. The fraction of sp³-hybridized carbons (Fsp3) is 0.0625. The van der Waals surface area contributed by atoms with E-state index >= 15 is 0 Å². The summed E-state index contributed by atoms with van der Waals surface area (Å²) in [7, 11) is 1.54. The molecule has 0 aliphatic heterocycles. The van der Waals surface area contributed by atoms with Crippen LogP contribution in [0.4, 0.5) is 0 Å². The van der Waals surface area contributed by atoms with Gasteiger partial charge in [-0.15, -0.1) is 0 Å². The second-order valence-electron chi connectivity index (χ2n) is 4.07. The molecule has 0 unspecified atom stereocenters. The predicted molar refractivity (Wildman–Crippen MR) is 78.7 cm³/mol. The molecule has 4 heteroatoms. The van der Waals surface area contributed by atoms with Gasteiger partial charge >= 0.3 is 0 Å². The van der Waals surface area contributed by atoms with Crippen molar-refractivity contribution in [3.63, 3.8) is 0 Å². The largest absolute Gasteiger partial charge is 0.508 e. The molecule has 1 aromatic carbocycles. The molecule has 0 spiro atoms. The van der Waals surface area contributed by atoms with Crippen molar-refractivity contribution in [1.29, 1.82) is 0 Å². The van der Waals surface area contributed by atoms with Gasteiger partial charge in [0, 0.05) is 6.07 Å². The van der Waals surface area contributed by atoms with Crippen LogP contribution in [-0.4, -0.2) is 12.2 Å². The van der Waals surface area contributed by atoms with Crippen LogP contribution in [0.5, 0.6) is 5.75 Å². The summed E-state index contributed by atoms with van der Waals surface area (Å²) in [5.74, 6) is 0.750. The van der Waals surface area contributed by atoms with Gasteiger partial charge in [-0.2, -0.15) is 0 Å². The lowest BCUT2D eigenvalue weighted by molar-refractivity contribution is 0.414. The van der Waals surface area contributed by atoms with Crippen molar-refractivity contribution in [2.24, 2.45) is 0 Å². The molecular weight excluding hydrogens is 256 g/mol. The number of methoxy groups -OCH3 is 1. The molecule has 0 atom stereocenters. The Morgan fingerprint density at radius 3 is 2.70 bits per heavy atom. The van der Waals surface area contributed by atoms with Gasteiger partial charge in [-0.25, -0.2) is 0 Å². The summed E-state index contributed by atoms with van der Waals surface area (Å²) < 4.78 is 10.8. The van der Waals surface area contributed by atoms with Crippen LogP contribution in [0.3, 0.4) is 0 Å². The van der Waals surface area contributed by atoms with E-state index in [1.807, 2.05) is 12.1 Å². The van der Waals surface area contributed by atoms with Crippen LogP contribution in [-0.2, 0) is 0 Å². The average Bonchev–Trinajstić information content (AvgIpc) is 2.45. The SMILES string of the molecule is C=Cc1oc(-c2ccccc2OC)cc(=O)c1C(=C)O. The van der Waals surface area contributed by atoms with Gasteiger partial charge in [-0.05, 0) is 18.2 Å². The molecule has 0 saturated heterocycles. The quantitative estimate of drug-likeness (QED) is 0.864. The maximum absolute atomic E-state index is 12.1. The van der Waals surface area contributed by atoms with Crippen LogP contribution < -0.4 is 10.2 Å². The van der Waals surface area contributed by atoms with Crippen LogP contribution in [0.15, 0.2) is 52.7 Å². The summed E-state index contributed by atoms with van der Waals surface area (Å²) in [6.07, 6.45) is 1.36. The molecule has 0 aliphatic rings. The average molecular weight is 270 g/mol. The highest BCUT2D eigenvalue weighted by Crippen LogP contribution is 2.30. The van der Waals surface area contributed by atoms with Crippen molar-refractivity contribution < 1.29 is 14.3 Å². The molecule has 0 bridgehead atoms. The minimum absolute atomic E-state index is 0.0126. The number of rotatable bonds is 4. The molecule has 2 rings (SSSR count). The summed E-state index contributed by atoms with van der Waals surface area (Å²) in [4.78, 5) is 12.1. The van der Waals surface area contributed by atoms with E-state index in [2.05, 4.69) is 13.2 Å². The van der Waals surface area contributed by atoms with Gasteiger partial charge in [-0.3, -0.25) is 4.79 Å². The Morgan fingerprint density at radius 2 is 2.10 bits per heavy atom. The number of ether oxygens (including phenoxy) is 1. The molecule has 2 aromatic rings. The molecule has 1 N–H and O–H groups in total. The first-order valence-corrected chi connectivity index (χ1v) is 5.90. The number of hydrogen-bond acceptors (Lipinski definition) is 4. The van der Waals surface area contributed by atoms with Crippen LogP contribution >= 0.6 is 0 Å². The molecule has 0 aliphatic carbocycles. The van der Waals surface area contributed by atoms with E-state index in [9.17, 15) is 9.90 Å². The maximum Gasteiger partial charge on any atom is 0.197 e. The van der Waals surface area contributed by atoms with E-state index in [0.717, 1.165) is 0 Å². The highest BCUT2D eigenvalue weighted by atomic mass is 16.5. The fourth-order valence-corrected chi connectivity index (χ4v) is 1.92. The minimum Gasteiger partial charge on any atom is -0.508 e. The van der Waals surface area contributed by atoms with Gasteiger partial charge in [0.1, 0.15) is 28.6 Å². The highest BCUT2D eigenvalue weighted by Gasteiger charge is 2.15. The number of aliphatic hydroxyl groups is 1. The van der Waals surface area contributed by atoms with Crippen LogP contribution in [0.1, 0.15) is 11.3 Å². The zero-order valence-corrected chi connectivity index (χ0v) is 11.1. The Morgan fingerprint density at radius 1 is 1.40 bits per heavy atom. The molecule has 1 aromatic heterocycles. The normalized spacial score (nSPS) is 10.1. The summed E-state index contributed by atoms with van der Waals surface area (Å²) in [6.45, 7) is 6.93. The monoisotopic (exact) mass is 270 g/mol. The van der Waals surface area contributed by atoms with Crippen LogP contribution in [0.25, 0.3) is 23.2 Å². The molecular formula is C16H14O4. The lowest BCUT2D eigenvalue weighted by atomic mass is 10.1. The Kier molecular flexibility index (Phi) is 3.75. The fourth-order valence-electron chi connectivity index (χ4n) is 1.92. The van der Waals surface area contributed by atoms with Crippen molar-refractivity contribution in [1.82, 2.24) is 0 Å². The van der Waals surface area contributed by atoms with E-state index in [-0.39, 0.29) is 22.5 Å². The molecule has 0 amide bonds. The topological polar surface area (TPSA) is 59.7 Å². The van der Waals surface area contributed by atoms with Gasteiger partial charge in [0.25, 0.3) is 0 Å². The lowest BCUT2D eigenvalue weighted by Gasteiger charge is -2.09. The number of hydrogen-bond donors (Lipinski definition) is 1. The standard InChI is InChI=1S/C16H14O4/c1-4-13-16(10(2)17)12(18)9-15(20-13)11-7-5-6-8-14(11)19-3/h4-9,17H,1-2H2,3H3. The molecule has 102 valence electrons. The Hall–Kier alpha value is -2.75. The molecule has 0 saturated carbocycles. The van der Waals surface area contributed by atoms with Crippen LogP contribution in [0, 0.1) is 0 Å². The predicted octanol–water partition coefficient (Wildman–Crippen LogP) is 3.49. The van der Waals surface area contributed by atoms with Gasteiger partial charge < -0.3 is 14.3 Å². The number of para-hydroxylation sites is 1. The first-order valence-electron chi connectivity index (χ1n) is 5.90. The van der Waals surface area contributed by atoms with Crippen molar-refractivity contribution in [3.05, 3.63) is 65.0 Å². The second kappa shape index (κ2) is 5.48. The highest BCUT2D eigenvalue weighted by molar-refractivity contribution is 5.70. The Labute approximate surface area is 116 Å². The zero-order valence-electron chi connectivity index (χ0n) is 11.1. The molecule has 0 radical (unpaired) electrons. The third-order valence-electron chi connectivity index (χ3n) is 2.82. The van der Waals surface area contributed by atoms with Crippen molar-refractivity contribution >= 4 is 11.8 Å². The van der Waals surface area contributed by atoms with Gasteiger partial charge in [-0.1, -0.05) is 25.3 Å². The summed E-state index contributed by atoms with van der Waals surface area (Å²) >= 11 is 0. The third kappa shape index (κ3) is 2.36. The summed E-state index contributed by atoms with van der Waals surface area (Å²) in [6, 6.07) is 8.46. The smallest absolute Gasteiger partial charge is 0.197 e. The van der Waals surface area contributed by atoms with Crippen molar-refractivity contribution in [3.8, 4) is 17.1 Å². The Balaban J connectivity index is 2.71. The van der Waals surface area contributed by atoms with Crippen molar-refractivity contribution in [2.75, 3.05) is 7.11 Å². The van der Waals surface area contributed by atoms with E-state index in [4.69, 9.17) is 9.15 Å². The van der Waals surface area contributed by atoms with Gasteiger partial charge in [0.2, 0.25) is 0 Å². The van der Waals surface area contributed by atoms with E-state index in [1.165, 1.54) is 19.3 Å². The van der Waals surface area contributed by atoms with E-state index in [0.29, 0.717) is 17.1 Å². The molecule has 20 heavy (non-hydrogen) atoms. The van der Waals surface area contributed by atoms with E-state index in [1.54, 1.807) is 12.1 Å². The third-order valence-corrected chi connectivity index (χ3v) is 2.82. The van der Waals surface area contributed by atoms with Gasteiger partial charge in [0.15, 0.2) is 5.43 Å². The molecule has 0 fully saturated rings. The first-order chi connectivity index (χ1) is 9.58. The zero-order chi connectivity index (χ0) is 14.7. The number of aliphatic hydroxyl groups excluding tert-OH is 1. The van der Waals surface area contributed by atoms with Crippen molar-refractivity contribution in [2.45, 2.75) is 0 Å². The summed E-state index contributed by atoms with van der Waals surface area (Å²) in [5.41, 5.74) is 0.267.